The molecule has 0 bridgehead atoms. The highest BCUT2D eigenvalue weighted by atomic mass is 79.9. The van der Waals surface area contributed by atoms with E-state index in [0.29, 0.717) is 10.0 Å². The van der Waals surface area contributed by atoms with Crippen LogP contribution in [0.2, 0.25) is 0 Å². The van der Waals surface area contributed by atoms with Crippen molar-refractivity contribution < 1.29 is 9.18 Å². The van der Waals surface area contributed by atoms with E-state index in [1.54, 1.807) is 6.07 Å². The van der Waals surface area contributed by atoms with Crippen molar-refractivity contribution in [1.82, 2.24) is 4.90 Å². The Hall–Kier alpha value is -0.900. The zero-order valence-corrected chi connectivity index (χ0v) is 12.7. The Balaban J connectivity index is 2.03. The normalized spacial score (nSPS) is 16.7. The molecule has 1 fully saturated rings. The summed E-state index contributed by atoms with van der Waals surface area (Å²) in [6, 6.07) is 4.26. The van der Waals surface area contributed by atoms with Crippen LogP contribution < -0.4 is 0 Å². The number of hydrogen-bond acceptors (Lipinski definition) is 1. The van der Waals surface area contributed by atoms with Gasteiger partial charge in [0.2, 0.25) is 0 Å². The van der Waals surface area contributed by atoms with E-state index in [4.69, 9.17) is 0 Å². The number of halogens is 2. The molecule has 2 rings (SSSR count). The third kappa shape index (κ3) is 3.56. The van der Waals surface area contributed by atoms with Crippen molar-refractivity contribution in [2.75, 3.05) is 13.1 Å². The van der Waals surface area contributed by atoms with Gasteiger partial charge in [0.15, 0.2) is 0 Å². The number of amides is 1. The maximum Gasteiger partial charge on any atom is 0.255 e. The number of carbonyl (C=O) groups excluding carboxylic acids is 1. The fourth-order valence-corrected chi connectivity index (χ4v) is 3.08. The van der Waals surface area contributed by atoms with Gasteiger partial charge in [-0.1, -0.05) is 19.8 Å². The third-order valence-corrected chi connectivity index (χ3v) is 4.45. The van der Waals surface area contributed by atoms with E-state index >= 15 is 0 Å². The Bertz CT molecular complexity index is 455. The van der Waals surface area contributed by atoms with Crippen molar-refractivity contribution in [2.45, 2.75) is 32.6 Å². The molecule has 2 nitrogen and oxygen atoms in total. The molecule has 19 heavy (non-hydrogen) atoms. The first-order valence-corrected chi connectivity index (χ1v) is 7.65. The van der Waals surface area contributed by atoms with Crippen LogP contribution in [0.5, 0.6) is 0 Å². The number of rotatable bonds is 3. The van der Waals surface area contributed by atoms with Crippen molar-refractivity contribution in [1.29, 1.82) is 0 Å². The number of carbonyl (C=O) groups is 1. The Morgan fingerprint density at radius 3 is 2.74 bits per heavy atom. The lowest BCUT2D eigenvalue weighted by Gasteiger charge is -2.32. The van der Waals surface area contributed by atoms with E-state index in [1.807, 2.05) is 4.90 Å². The summed E-state index contributed by atoms with van der Waals surface area (Å²) >= 11 is 3.32. The summed E-state index contributed by atoms with van der Waals surface area (Å²) in [4.78, 5) is 14.2. The first kappa shape index (κ1) is 14.5. The van der Waals surface area contributed by atoms with Crippen molar-refractivity contribution in [3.63, 3.8) is 0 Å². The predicted molar refractivity (Wildman–Crippen MR) is 77.6 cm³/mol. The molecule has 1 aliphatic rings. The van der Waals surface area contributed by atoms with Gasteiger partial charge in [-0.15, -0.1) is 0 Å². The van der Waals surface area contributed by atoms with Crippen molar-refractivity contribution in [3.8, 4) is 0 Å². The van der Waals surface area contributed by atoms with Gasteiger partial charge in [-0.25, -0.2) is 4.39 Å². The molecule has 104 valence electrons. The summed E-state index contributed by atoms with van der Waals surface area (Å²) in [7, 11) is 0. The first-order valence-electron chi connectivity index (χ1n) is 6.86. The molecule has 0 atom stereocenters. The van der Waals surface area contributed by atoms with Crippen LogP contribution in [0.3, 0.4) is 0 Å². The van der Waals surface area contributed by atoms with E-state index in [9.17, 15) is 9.18 Å². The minimum atomic E-state index is -0.368. The monoisotopic (exact) mass is 327 g/mol. The fourth-order valence-electron chi connectivity index (χ4n) is 2.66. The van der Waals surface area contributed by atoms with Gasteiger partial charge in [-0.2, -0.15) is 0 Å². The molecular weight excluding hydrogens is 309 g/mol. The van der Waals surface area contributed by atoms with Crippen LogP contribution >= 0.6 is 15.9 Å². The Kier molecular flexibility index (Phi) is 4.97. The van der Waals surface area contributed by atoms with Gasteiger partial charge in [0.05, 0.1) is 5.56 Å². The van der Waals surface area contributed by atoms with Gasteiger partial charge < -0.3 is 4.90 Å². The van der Waals surface area contributed by atoms with Crippen LogP contribution in [-0.4, -0.2) is 23.9 Å². The molecule has 0 aromatic heterocycles. The molecule has 0 saturated carbocycles. The van der Waals surface area contributed by atoms with Crippen LogP contribution in [0, 0.1) is 11.7 Å². The van der Waals surface area contributed by atoms with E-state index in [-0.39, 0.29) is 11.7 Å². The first-order chi connectivity index (χ1) is 9.11. The molecule has 1 aliphatic heterocycles. The van der Waals surface area contributed by atoms with Crippen LogP contribution in [0.1, 0.15) is 43.0 Å². The van der Waals surface area contributed by atoms with Gasteiger partial charge in [0.1, 0.15) is 5.82 Å². The molecule has 1 heterocycles. The molecular formula is C15H19BrFNO. The molecule has 1 aromatic carbocycles. The fraction of sp³-hybridized carbons (Fsp3) is 0.533. The summed E-state index contributed by atoms with van der Waals surface area (Å²) in [6.07, 6.45) is 4.57. The van der Waals surface area contributed by atoms with Crippen LogP contribution in [0.15, 0.2) is 22.7 Å². The molecule has 1 amide bonds. The predicted octanol–water partition coefficient (Wildman–Crippen LogP) is 4.24. The topological polar surface area (TPSA) is 20.3 Å². The summed E-state index contributed by atoms with van der Waals surface area (Å²) in [5.74, 6) is 0.304. The van der Waals surface area contributed by atoms with E-state index < -0.39 is 0 Å². The number of likely N-dealkylation sites (tertiary alicyclic amines) is 1. The second kappa shape index (κ2) is 6.51. The second-order valence-electron chi connectivity index (χ2n) is 5.15. The van der Waals surface area contributed by atoms with E-state index in [0.717, 1.165) is 31.8 Å². The summed E-state index contributed by atoms with van der Waals surface area (Å²) < 4.78 is 13.9. The molecule has 0 radical (unpaired) electrons. The van der Waals surface area contributed by atoms with Gasteiger partial charge in [-0.3, -0.25) is 4.79 Å². The third-order valence-electron chi connectivity index (χ3n) is 3.76. The van der Waals surface area contributed by atoms with E-state index in [2.05, 4.69) is 22.9 Å². The summed E-state index contributed by atoms with van der Waals surface area (Å²) in [5.41, 5.74) is 0.425. The van der Waals surface area contributed by atoms with E-state index in [1.165, 1.54) is 25.0 Å². The zero-order chi connectivity index (χ0) is 13.8. The lowest BCUT2D eigenvalue weighted by molar-refractivity contribution is 0.0685. The second-order valence-corrected chi connectivity index (χ2v) is 6.00. The largest absolute Gasteiger partial charge is 0.339 e. The van der Waals surface area contributed by atoms with Gasteiger partial charge >= 0.3 is 0 Å². The van der Waals surface area contributed by atoms with Crippen molar-refractivity contribution in [2.24, 2.45) is 5.92 Å². The van der Waals surface area contributed by atoms with Gasteiger partial charge in [-0.05, 0) is 52.9 Å². The maximum atomic E-state index is 13.2. The lowest BCUT2D eigenvalue weighted by Crippen LogP contribution is -2.38. The molecule has 4 heteroatoms. The minimum Gasteiger partial charge on any atom is -0.339 e. The molecule has 1 saturated heterocycles. The number of piperidine rings is 1. The Morgan fingerprint density at radius 1 is 1.42 bits per heavy atom. The molecule has 0 unspecified atom stereocenters. The van der Waals surface area contributed by atoms with Crippen LogP contribution in [0.25, 0.3) is 0 Å². The van der Waals surface area contributed by atoms with Gasteiger partial charge in [0.25, 0.3) is 5.91 Å². The minimum absolute atomic E-state index is 0.0682. The summed E-state index contributed by atoms with van der Waals surface area (Å²) in [5, 5.41) is 0. The smallest absolute Gasteiger partial charge is 0.255 e. The number of nitrogens with zero attached hydrogens (tertiary/aromatic N) is 1. The number of hydrogen-bond donors (Lipinski definition) is 0. The van der Waals surface area contributed by atoms with Crippen molar-refractivity contribution in [3.05, 3.63) is 34.1 Å². The molecule has 1 aromatic rings. The molecule has 0 N–H and O–H groups in total. The SMILES string of the molecule is CCCC1CCN(C(=O)c2cc(F)ccc2Br)CC1. The number of benzene rings is 1. The standard InChI is InChI=1S/C15H19BrFNO/c1-2-3-11-6-8-18(9-7-11)15(19)13-10-12(17)4-5-14(13)16/h4-5,10-11H,2-3,6-9H2,1H3. The summed E-state index contributed by atoms with van der Waals surface area (Å²) in [6.45, 7) is 3.76. The maximum absolute atomic E-state index is 13.2. The van der Waals surface area contributed by atoms with Gasteiger partial charge in [0, 0.05) is 17.6 Å². The Morgan fingerprint density at radius 2 is 2.11 bits per heavy atom. The highest BCUT2D eigenvalue weighted by molar-refractivity contribution is 9.10. The zero-order valence-electron chi connectivity index (χ0n) is 11.2. The van der Waals surface area contributed by atoms with Crippen molar-refractivity contribution >= 4 is 21.8 Å². The highest BCUT2D eigenvalue weighted by Gasteiger charge is 2.24. The van der Waals surface area contributed by atoms with Crippen LogP contribution in [-0.2, 0) is 0 Å². The average molecular weight is 328 g/mol. The molecule has 0 aliphatic carbocycles. The quantitative estimate of drug-likeness (QED) is 0.813. The highest BCUT2D eigenvalue weighted by Crippen LogP contribution is 2.25. The molecule has 0 spiro atoms. The lowest BCUT2D eigenvalue weighted by atomic mass is 9.92. The Labute approximate surface area is 122 Å². The van der Waals surface area contributed by atoms with Crippen LogP contribution in [0.4, 0.5) is 4.39 Å². The average Bonchev–Trinajstić information content (AvgIpc) is 2.42.